The summed E-state index contributed by atoms with van der Waals surface area (Å²) < 4.78 is 5.86. The number of aromatic hydroxyl groups is 2. The lowest BCUT2D eigenvalue weighted by Crippen LogP contribution is -1.92. The fraction of sp³-hybridized carbons (Fsp3) is 0.0417. The topological polar surface area (TPSA) is 103 Å². The van der Waals surface area contributed by atoms with Gasteiger partial charge in [-0.05, 0) is 71.5 Å². The number of nitrogens with zero attached hydrogens (tertiary/aromatic N) is 3. The van der Waals surface area contributed by atoms with Crippen LogP contribution in [-0.4, -0.2) is 20.2 Å². The minimum Gasteiger partial charge on any atom is -0.504 e. The zero-order valence-electron chi connectivity index (χ0n) is 15.7. The van der Waals surface area contributed by atoms with E-state index < -0.39 is 0 Å². The SMILES string of the molecule is N#Cc1ccc(-c2nc3cc(Cc4cncc5cc(O)c(O)cc45)ccc3o2)cc1. The summed E-state index contributed by atoms with van der Waals surface area (Å²) >= 11 is 0. The van der Waals surface area contributed by atoms with Gasteiger partial charge in [-0.3, -0.25) is 4.98 Å². The molecule has 30 heavy (non-hydrogen) atoms. The van der Waals surface area contributed by atoms with Crippen molar-refractivity contribution in [3.8, 4) is 29.0 Å². The number of aromatic nitrogens is 2. The van der Waals surface area contributed by atoms with Gasteiger partial charge in [0.25, 0.3) is 0 Å². The number of rotatable bonds is 3. The minimum atomic E-state index is -0.166. The van der Waals surface area contributed by atoms with Crippen molar-refractivity contribution in [2.45, 2.75) is 6.42 Å². The predicted molar refractivity (Wildman–Crippen MR) is 112 cm³/mol. The molecule has 0 amide bonds. The van der Waals surface area contributed by atoms with Crippen molar-refractivity contribution >= 4 is 21.9 Å². The molecule has 0 atom stereocenters. The lowest BCUT2D eigenvalue weighted by Gasteiger charge is -2.08. The molecule has 0 bridgehead atoms. The maximum Gasteiger partial charge on any atom is 0.227 e. The molecule has 0 radical (unpaired) electrons. The molecule has 0 aliphatic carbocycles. The predicted octanol–water partition coefficient (Wildman–Crippen LogP) is 4.92. The third kappa shape index (κ3) is 3.09. The molecule has 0 saturated carbocycles. The van der Waals surface area contributed by atoms with Gasteiger partial charge in [-0.2, -0.15) is 5.26 Å². The summed E-state index contributed by atoms with van der Waals surface area (Å²) in [5, 5.41) is 30.1. The van der Waals surface area contributed by atoms with Crippen LogP contribution in [0.5, 0.6) is 11.5 Å². The van der Waals surface area contributed by atoms with Crippen molar-refractivity contribution in [1.82, 2.24) is 9.97 Å². The van der Waals surface area contributed by atoms with E-state index in [0.717, 1.165) is 33.0 Å². The van der Waals surface area contributed by atoms with Gasteiger partial charge < -0.3 is 14.6 Å². The second-order valence-corrected chi connectivity index (χ2v) is 7.05. The number of phenols is 2. The van der Waals surface area contributed by atoms with Crippen LogP contribution in [0.2, 0.25) is 0 Å². The molecule has 2 N–H and O–H groups in total. The van der Waals surface area contributed by atoms with E-state index in [4.69, 9.17) is 9.68 Å². The Balaban J connectivity index is 1.51. The first-order valence-electron chi connectivity index (χ1n) is 9.29. The molecule has 2 heterocycles. The largest absolute Gasteiger partial charge is 0.504 e. The zero-order valence-corrected chi connectivity index (χ0v) is 15.7. The second kappa shape index (κ2) is 6.90. The van der Waals surface area contributed by atoms with E-state index in [2.05, 4.69) is 16.0 Å². The molecule has 6 nitrogen and oxygen atoms in total. The number of pyridine rings is 1. The van der Waals surface area contributed by atoms with Gasteiger partial charge >= 0.3 is 0 Å². The van der Waals surface area contributed by atoms with Crippen LogP contribution in [0, 0.1) is 11.3 Å². The Kier molecular flexibility index (Phi) is 4.08. The van der Waals surface area contributed by atoms with E-state index >= 15 is 0 Å². The summed E-state index contributed by atoms with van der Waals surface area (Å²) in [4.78, 5) is 8.84. The molecular formula is C24H15N3O3. The maximum atomic E-state index is 9.88. The molecule has 0 saturated heterocycles. The van der Waals surface area contributed by atoms with E-state index in [9.17, 15) is 10.2 Å². The monoisotopic (exact) mass is 393 g/mol. The molecule has 2 aromatic heterocycles. The van der Waals surface area contributed by atoms with Crippen LogP contribution < -0.4 is 0 Å². The van der Waals surface area contributed by atoms with Crippen LogP contribution in [-0.2, 0) is 6.42 Å². The van der Waals surface area contributed by atoms with Crippen molar-refractivity contribution in [3.63, 3.8) is 0 Å². The Labute approximate surface area is 171 Å². The molecular weight excluding hydrogens is 378 g/mol. The van der Waals surface area contributed by atoms with E-state index in [-0.39, 0.29) is 11.5 Å². The lowest BCUT2D eigenvalue weighted by molar-refractivity contribution is 0.405. The molecule has 0 spiro atoms. The van der Waals surface area contributed by atoms with Gasteiger partial charge in [0, 0.05) is 23.3 Å². The van der Waals surface area contributed by atoms with Gasteiger partial charge in [-0.15, -0.1) is 0 Å². The standard InChI is InChI=1S/C24H15N3O3/c25-11-14-1-4-16(5-2-14)24-27-20-8-15(3-6-23(20)30-24)7-17-12-26-13-18-9-21(28)22(29)10-19(17)18/h1-6,8-10,12-13,28-29H,7H2. The summed E-state index contributed by atoms with van der Waals surface area (Å²) in [6, 6.07) is 18.1. The highest BCUT2D eigenvalue weighted by Gasteiger charge is 2.11. The summed E-state index contributed by atoms with van der Waals surface area (Å²) in [6.45, 7) is 0. The fourth-order valence-electron chi connectivity index (χ4n) is 3.51. The molecule has 144 valence electrons. The lowest BCUT2D eigenvalue weighted by atomic mass is 10.0. The Bertz CT molecular complexity index is 1450. The van der Waals surface area contributed by atoms with E-state index in [1.807, 2.05) is 30.3 Å². The van der Waals surface area contributed by atoms with Crippen molar-refractivity contribution in [1.29, 1.82) is 5.26 Å². The fourth-order valence-corrected chi connectivity index (χ4v) is 3.51. The number of benzene rings is 3. The number of hydrogen-bond acceptors (Lipinski definition) is 6. The molecule has 0 fully saturated rings. The third-order valence-corrected chi connectivity index (χ3v) is 5.04. The van der Waals surface area contributed by atoms with Crippen LogP contribution in [0.15, 0.2) is 71.4 Å². The average molecular weight is 393 g/mol. The summed E-state index contributed by atoms with van der Waals surface area (Å²) in [6.07, 6.45) is 4.00. The van der Waals surface area contributed by atoms with Gasteiger partial charge in [-0.1, -0.05) is 6.07 Å². The van der Waals surface area contributed by atoms with Gasteiger partial charge in [0.1, 0.15) is 5.52 Å². The first-order chi connectivity index (χ1) is 14.6. The number of oxazole rings is 1. The van der Waals surface area contributed by atoms with Crippen LogP contribution in [0.4, 0.5) is 0 Å². The number of phenolic OH excluding ortho intramolecular Hbond substituents is 2. The highest BCUT2D eigenvalue weighted by molar-refractivity contribution is 5.88. The van der Waals surface area contributed by atoms with E-state index in [0.29, 0.717) is 23.5 Å². The Morgan fingerprint density at radius 1 is 0.933 bits per heavy atom. The average Bonchev–Trinajstić information content (AvgIpc) is 3.19. The molecule has 5 rings (SSSR count). The van der Waals surface area contributed by atoms with Gasteiger partial charge in [-0.25, -0.2) is 4.98 Å². The summed E-state index contributed by atoms with van der Waals surface area (Å²) in [7, 11) is 0. The quantitative estimate of drug-likeness (QED) is 0.422. The van der Waals surface area contributed by atoms with Crippen molar-refractivity contribution in [2.24, 2.45) is 0 Å². The highest BCUT2D eigenvalue weighted by atomic mass is 16.3. The molecule has 0 aliphatic heterocycles. The van der Waals surface area contributed by atoms with Gasteiger partial charge in [0.05, 0.1) is 11.6 Å². The molecule has 0 aliphatic rings. The van der Waals surface area contributed by atoms with E-state index in [1.165, 1.54) is 6.07 Å². The van der Waals surface area contributed by atoms with Crippen molar-refractivity contribution < 1.29 is 14.6 Å². The highest BCUT2D eigenvalue weighted by Crippen LogP contribution is 2.32. The maximum absolute atomic E-state index is 9.88. The molecule has 5 aromatic rings. The normalized spacial score (nSPS) is 11.0. The third-order valence-electron chi connectivity index (χ3n) is 5.04. The zero-order chi connectivity index (χ0) is 20.7. The molecule has 6 heteroatoms. The Morgan fingerprint density at radius 3 is 2.53 bits per heavy atom. The van der Waals surface area contributed by atoms with Crippen LogP contribution >= 0.6 is 0 Å². The van der Waals surface area contributed by atoms with Gasteiger partial charge in [0.15, 0.2) is 17.1 Å². The van der Waals surface area contributed by atoms with Crippen LogP contribution in [0.3, 0.4) is 0 Å². The van der Waals surface area contributed by atoms with Crippen LogP contribution in [0.1, 0.15) is 16.7 Å². The second-order valence-electron chi connectivity index (χ2n) is 7.05. The first-order valence-corrected chi connectivity index (χ1v) is 9.29. The molecule has 0 unspecified atom stereocenters. The number of hydrogen-bond donors (Lipinski definition) is 2. The smallest absolute Gasteiger partial charge is 0.227 e. The minimum absolute atomic E-state index is 0.158. The summed E-state index contributed by atoms with van der Waals surface area (Å²) in [5.74, 6) is 0.175. The summed E-state index contributed by atoms with van der Waals surface area (Å²) in [5.41, 5.74) is 4.75. The van der Waals surface area contributed by atoms with Crippen molar-refractivity contribution in [3.05, 3.63) is 83.7 Å². The number of fused-ring (bicyclic) bond motifs is 2. The molecule has 3 aromatic carbocycles. The number of nitriles is 1. The Hall–Kier alpha value is -4.37. The van der Waals surface area contributed by atoms with Crippen molar-refractivity contribution in [2.75, 3.05) is 0 Å². The van der Waals surface area contributed by atoms with E-state index in [1.54, 1.807) is 30.6 Å². The first kappa shape index (κ1) is 17.7. The van der Waals surface area contributed by atoms with Crippen LogP contribution in [0.25, 0.3) is 33.3 Å². The Morgan fingerprint density at radius 2 is 1.73 bits per heavy atom. The van der Waals surface area contributed by atoms with Gasteiger partial charge in [0.2, 0.25) is 5.89 Å².